The van der Waals surface area contributed by atoms with Crippen LogP contribution < -0.4 is 5.73 Å². The monoisotopic (exact) mass is 297 g/mol. The van der Waals surface area contributed by atoms with Crippen molar-refractivity contribution in [3.63, 3.8) is 0 Å². The second-order valence-electron chi connectivity index (χ2n) is 4.12. The molecule has 0 bridgehead atoms. The van der Waals surface area contributed by atoms with Gasteiger partial charge in [-0.2, -0.15) is 16.7 Å². The molecule has 0 amide bonds. The van der Waals surface area contributed by atoms with Gasteiger partial charge in [0.05, 0.1) is 12.2 Å². The van der Waals surface area contributed by atoms with Crippen LogP contribution in [0.5, 0.6) is 0 Å². The average Bonchev–Trinajstić information content (AvgIpc) is 2.92. The Morgan fingerprint density at radius 1 is 1.42 bits per heavy atom. The van der Waals surface area contributed by atoms with Crippen molar-refractivity contribution in [3.8, 4) is 11.5 Å². The van der Waals surface area contributed by atoms with Crippen LogP contribution in [0.4, 0.5) is 5.69 Å². The fourth-order valence-corrected chi connectivity index (χ4v) is 2.84. The van der Waals surface area contributed by atoms with Gasteiger partial charge in [0.1, 0.15) is 6.10 Å². The minimum Gasteiger partial charge on any atom is -0.398 e. The van der Waals surface area contributed by atoms with E-state index in [0.717, 1.165) is 11.5 Å². The standard InChI is InChI=1S/C12H12ClN3O2S/c13-7-1-2-9(14)8(5-7)12-15-11(16-18-12)10-6-19-4-3-17-10/h1-2,5,10H,3-4,6,14H2. The number of rotatable bonds is 2. The Morgan fingerprint density at radius 2 is 2.32 bits per heavy atom. The van der Waals surface area contributed by atoms with E-state index < -0.39 is 0 Å². The Balaban J connectivity index is 1.89. The summed E-state index contributed by atoms with van der Waals surface area (Å²) in [5.41, 5.74) is 7.09. The van der Waals surface area contributed by atoms with E-state index >= 15 is 0 Å². The molecule has 1 aromatic carbocycles. The van der Waals surface area contributed by atoms with E-state index in [4.69, 9.17) is 26.6 Å². The second-order valence-corrected chi connectivity index (χ2v) is 5.71. The molecule has 3 rings (SSSR count). The van der Waals surface area contributed by atoms with E-state index in [0.29, 0.717) is 34.6 Å². The molecule has 1 aliphatic heterocycles. The number of hydrogen-bond acceptors (Lipinski definition) is 6. The van der Waals surface area contributed by atoms with E-state index in [1.807, 2.05) is 11.8 Å². The van der Waals surface area contributed by atoms with Crippen molar-refractivity contribution in [2.24, 2.45) is 0 Å². The molecule has 0 radical (unpaired) electrons. The number of benzene rings is 1. The quantitative estimate of drug-likeness (QED) is 0.859. The third-order valence-corrected chi connectivity index (χ3v) is 4.02. The predicted molar refractivity (Wildman–Crippen MR) is 75.2 cm³/mol. The highest BCUT2D eigenvalue weighted by Gasteiger charge is 2.23. The first-order chi connectivity index (χ1) is 9.24. The molecule has 2 N–H and O–H groups in total. The van der Waals surface area contributed by atoms with Crippen molar-refractivity contribution in [2.75, 3.05) is 23.8 Å². The van der Waals surface area contributed by atoms with Crippen LogP contribution in [-0.2, 0) is 4.74 Å². The number of nitrogens with two attached hydrogens (primary N) is 1. The lowest BCUT2D eigenvalue weighted by Gasteiger charge is -2.18. The molecular formula is C12H12ClN3O2S. The van der Waals surface area contributed by atoms with Gasteiger partial charge in [-0.3, -0.25) is 0 Å². The van der Waals surface area contributed by atoms with Crippen LogP contribution in [-0.4, -0.2) is 28.3 Å². The molecule has 19 heavy (non-hydrogen) atoms. The molecule has 0 aliphatic carbocycles. The Labute approximate surface area is 119 Å². The van der Waals surface area contributed by atoms with E-state index in [-0.39, 0.29) is 6.10 Å². The summed E-state index contributed by atoms with van der Waals surface area (Å²) < 4.78 is 10.9. The van der Waals surface area contributed by atoms with Crippen LogP contribution in [0.25, 0.3) is 11.5 Å². The molecule has 1 saturated heterocycles. The minimum atomic E-state index is -0.114. The van der Waals surface area contributed by atoms with Crippen LogP contribution in [0.2, 0.25) is 5.02 Å². The third-order valence-electron chi connectivity index (χ3n) is 2.79. The largest absolute Gasteiger partial charge is 0.398 e. The maximum atomic E-state index is 5.95. The molecule has 1 aliphatic rings. The van der Waals surface area contributed by atoms with Gasteiger partial charge in [0.2, 0.25) is 5.82 Å². The molecule has 2 heterocycles. The van der Waals surface area contributed by atoms with Gasteiger partial charge >= 0.3 is 0 Å². The zero-order valence-electron chi connectivity index (χ0n) is 10.0. The van der Waals surface area contributed by atoms with Gasteiger partial charge in [-0.05, 0) is 18.2 Å². The van der Waals surface area contributed by atoms with Gasteiger partial charge < -0.3 is 15.0 Å². The topological polar surface area (TPSA) is 74.2 Å². The van der Waals surface area contributed by atoms with Crippen LogP contribution >= 0.6 is 23.4 Å². The smallest absolute Gasteiger partial charge is 0.260 e. The zero-order valence-corrected chi connectivity index (χ0v) is 11.6. The summed E-state index contributed by atoms with van der Waals surface area (Å²) in [4.78, 5) is 4.35. The highest BCUT2D eigenvalue weighted by Crippen LogP contribution is 2.30. The molecule has 1 fully saturated rings. The minimum absolute atomic E-state index is 0.114. The van der Waals surface area contributed by atoms with E-state index in [9.17, 15) is 0 Å². The fraction of sp³-hybridized carbons (Fsp3) is 0.333. The lowest BCUT2D eigenvalue weighted by Crippen LogP contribution is -2.16. The Kier molecular flexibility index (Phi) is 3.63. The normalized spacial score (nSPS) is 19.5. The summed E-state index contributed by atoms with van der Waals surface area (Å²) >= 11 is 7.76. The summed E-state index contributed by atoms with van der Waals surface area (Å²) in [6.45, 7) is 0.707. The van der Waals surface area contributed by atoms with Crippen molar-refractivity contribution in [2.45, 2.75) is 6.10 Å². The number of nitrogens with zero attached hydrogens (tertiary/aromatic N) is 2. The number of aromatic nitrogens is 2. The molecule has 0 spiro atoms. The van der Waals surface area contributed by atoms with Crippen LogP contribution in [0.1, 0.15) is 11.9 Å². The molecule has 2 aromatic rings. The van der Waals surface area contributed by atoms with Crippen molar-refractivity contribution < 1.29 is 9.26 Å². The number of nitrogen functional groups attached to an aromatic ring is 1. The van der Waals surface area contributed by atoms with Crippen LogP contribution in [0.15, 0.2) is 22.7 Å². The first-order valence-electron chi connectivity index (χ1n) is 5.82. The summed E-state index contributed by atoms with van der Waals surface area (Å²) in [5.74, 6) is 2.77. The summed E-state index contributed by atoms with van der Waals surface area (Å²) in [7, 11) is 0. The van der Waals surface area contributed by atoms with E-state index in [1.54, 1.807) is 18.2 Å². The molecule has 1 aromatic heterocycles. The molecule has 1 unspecified atom stereocenters. The van der Waals surface area contributed by atoms with Gasteiger partial charge in [-0.15, -0.1) is 0 Å². The summed E-state index contributed by atoms with van der Waals surface area (Å²) in [5, 5.41) is 4.54. The number of thioether (sulfide) groups is 1. The first-order valence-corrected chi connectivity index (χ1v) is 7.35. The molecule has 100 valence electrons. The van der Waals surface area contributed by atoms with Crippen LogP contribution in [0, 0.1) is 0 Å². The van der Waals surface area contributed by atoms with Gasteiger partial charge in [-0.1, -0.05) is 16.8 Å². The molecule has 5 nitrogen and oxygen atoms in total. The summed E-state index contributed by atoms with van der Waals surface area (Å²) in [6.07, 6.45) is -0.114. The predicted octanol–water partition coefficient (Wildman–Crippen LogP) is 2.78. The van der Waals surface area contributed by atoms with Crippen LogP contribution in [0.3, 0.4) is 0 Å². The molecule has 1 atom stereocenters. The highest BCUT2D eigenvalue weighted by atomic mass is 35.5. The maximum Gasteiger partial charge on any atom is 0.260 e. The van der Waals surface area contributed by atoms with Gasteiger partial charge in [0.15, 0.2) is 0 Å². The highest BCUT2D eigenvalue weighted by molar-refractivity contribution is 7.99. The average molecular weight is 298 g/mol. The van der Waals surface area contributed by atoms with E-state index in [2.05, 4.69) is 10.1 Å². The summed E-state index contributed by atoms with van der Waals surface area (Å²) in [6, 6.07) is 5.15. The number of anilines is 1. The molecular weight excluding hydrogens is 286 g/mol. The Morgan fingerprint density at radius 3 is 3.11 bits per heavy atom. The maximum absolute atomic E-state index is 5.95. The Bertz CT molecular complexity index is 584. The van der Waals surface area contributed by atoms with E-state index in [1.165, 1.54) is 0 Å². The lowest BCUT2D eigenvalue weighted by atomic mass is 10.2. The van der Waals surface area contributed by atoms with Crippen molar-refractivity contribution in [1.82, 2.24) is 10.1 Å². The van der Waals surface area contributed by atoms with Gasteiger partial charge in [0.25, 0.3) is 5.89 Å². The first kappa shape index (κ1) is 12.8. The van der Waals surface area contributed by atoms with Crippen molar-refractivity contribution in [3.05, 3.63) is 29.0 Å². The molecule has 0 saturated carbocycles. The lowest BCUT2D eigenvalue weighted by molar-refractivity contribution is 0.0677. The van der Waals surface area contributed by atoms with Gasteiger partial charge in [-0.25, -0.2) is 0 Å². The SMILES string of the molecule is Nc1ccc(Cl)cc1-c1nc(C2CSCCO2)no1. The third kappa shape index (κ3) is 2.70. The number of halogens is 1. The Hall–Kier alpha value is -1.24. The van der Waals surface area contributed by atoms with Crippen molar-refractivity contribution >= 4 is 29.1 Å². The zero-order chi connectivity index (χ0) is 13.2. The van der Waals surface area contributed by atoms with Gasteiger partial charge in [0, 0.05) is 22.2 Å². The second kappa shape index (κ2) is 5.40. The van der Waals surface area contributed by atoms with Crippen molar-refractivity contribution in [1.29, 1.82) is 0 Å². The number of ether oxygens (including phenoxy) is 1. The number of hydrogen-bond donors (Lipinski definition) is 1. The molecule has 7 heteroatoms. The fourth-order valence-electron chi connectivity index (χ4n) is 1.83.